The number of carbonyl (C=O) groups excluding carboxylic acids is 2. The number of hydrogen-bond donors (Lipinski definition) is 3. The number of halogens is 2. The maximum atomic E-state index is 13.3. The number of amides is 2. The van der Waals surface area contributed by atoms with Crippen molar-refractivity contribution in [2.24, 2.45) is 5.73 Å². The average molecular weight is 318 g/mol. The van der Waals surface area contributed by atoms with Crippen LogP contribution < -0.4 is 16.4 Å². The fourth-order valence-corrected chi connectivity index (χ4v) is 1.57. The minimum absolute atomic E-state index is 0. The first-order chi connectivity index (χ1) is 9.54. The van der Waals surface area contributed by atoms with Crippen LogP contribution in [-0.2, 0) is 4.79 Å². The van der Waals surface area contributed by atoms with Crippen molar-refractivity contribution in [1.82, 2.24) is 10.6 Å². The van der Waals surface area contributed by atoms with Crippen LogP contribution in [0.15, 0.2) is 18.2 Å². The molecule has 0 fully saturated rings. The second-order valence-electron chi connectivity index (χ2n) is 4.46. The highest BCUT2D eigenvalue weighted by atomic mass is 35.5. The molecule has 5 nitrogen and oxygen atoms in total. The highest BCUT2D eigenvalue weighted by Crippen LogP contribution is 2.08. The molecule has 0 aliphatic heterocycles. The summed E-state index contributed by atoms with van der Waals surface area (Å²) in [6.07, 6.45) is 1.02. The largest absolute Gasteiger partial charge is 0.354 e. The van der Waals surface area contributed by atoms with Crippen LogP contribution in [-0.4, -0.2) is 31.4 Å². The number of nitrogens with two attached hydrogens (primary N) is 1. The van der Waals surface area contributed by atoms with E-state index in [0.29, 0.717) is 38.0 Å². The number of rotatable bonds is 7. The van der Waals surface area contributed by atoms with Crippen LogP contribution in [0.2, 0.25) is 0 Å². The van der Waals surface area contributed by atoms with Gasteiger partial charge in [-0.1, -0.05) is 6.07 Å². The fourth-order valence-electron chi connectivity index (χ4n) is 1.57. The summed E-state index contributed by atoms with van der Waals surface area (Å²) in [5.74, 6) is -0.862. The van der Waals surface area contributed by atoms with Crippen molar-refractivity contribution >= 4 is 24.2 Å². The van der Waals surface area contributed by atoms with Crippen LogP contribution in [0.1, 0.15) is 28.8 Å². The zero-order chi connectivity index (χ0) is 15.0. The van der Waals surface area contributed by atoms with Crippen LogP contribution in [0, 0.1) is 12.7 Å². The van der Waals surface area contributed by atoms with Gasteiger partial charge in [0.05, 0.1) is 0 Å². The summed E-state index contributed by atoms with van der Waals surface area (Å²) in [6, 6.07) is 4.32. The van der Waals surface area contributed by atoms with Gasteiger partial charge in [-0.25, -0.2) is 4.39 Å². The molecule has 7 heteroatoms. The van der Waals surface area contributed by atoms with Crippen molar-refractivity contribution in [1.29, 1.82) is 0 Å². The van der Waals surface area contributed by atoms with Gasteiger partial charge in [-0.05, 0) is 37.6 Å². The predicted molar refractivity (Wildman–Crippen MR) is 82.0 cm³/mol. The Hall–Kier alpha value is -1.66. The van der Waals surface area contributed by atoms with Crippen LogP contribution in [0.3, 0.4) is 0 Å². The molecule has 0 spiro atoms. The highest BCUT2D eigenvalue weighted by molar-refractivity contribution is 5.94. The molecule has 0 aliphatic rings. The maximum Gasteiger partial charge on any atom is 0.251 e. The number of nitrogens with one attached hydrogen (secondary N) is 2. The summed E-state index contributed by atoms with van der Waals surface area (Å²) in [7, 11) is 0. The molecule has 0 radical (unpaired) electrons. The van der Waals surface area contributed by atoms with Crippen molar-refractivity contribution in [3.8, 4) is 0 Å². The summed E-state index contributed by atoms with van der Waals surface area (Å²) in [4.78, 5) is 23.0. The first-order valence-corrected chi connectivity index (χ1v) is 6.55. The van der Waals surface area contributed by atoms with Gasteiger partial charge < -0.3 is 16.4 Å². The van der Waals surface area contributed by atoms with E-state index in [0.717, 1.165) is 0 Å². The standard InChI is InChI=1S/C14H20FN3O2.ClH/c1-10-4-5-11(9-12(10)15)14(20)18-8-7-17-13(19)3-2-6-16;/h4-5,9H,2-3,6-8,16H2,1H3,(H,17,19)(H,18,20);1H. The van der Waals surface area contributed by atoms with Crippen LogP contribution in [0.25, 0.3) is 0 Å². The van der Waals surface area contributed by atoms with E-state index in [1.807, 2.05) is 0 Å². The Kier molecular flexibility index (Phi) is 9.32. The van der Waals surface area contributed by atoms with Gasteiger partial charge in [0.2, 0.25) is 5.91 Å². The Morgan fingerprint density at radius 2 is 1.90 bits per heavy atom. The SMILES string of the molecule is Cc1ccc(C(=O)NCCNC(=O)CCCN)cc1F.Cl. The van der Waals surface area contributed by atoms with E-state index < -0.39 is 5.82 Å². The number of benzene rings is 1. The van der Waals surface area contributed by atoms with Crippen LogP contribution >= 0.6 is 12.4 Å². The minimum atomic E-state index is -0.410. The normalized spacial score (nSPS) is 9.67. The van der Waals surface area contributed by atoms with Gasteiger partial charge in [0.15, 0.2) is 0 Å². The first kappa shape index (κ1) is 19.3. The third kappa shape index (κ3) is 7.06. The molecule has 118 valence electrons. The Morgan fingerprint density at radius 3 is 2.52 bits per heavy atom. The zero-order valence-electron chi connectivity index (χ0n) is 11.9. The molecule has 0 atom stereocenters. The molecule has 1 aromatic carbocycles. The van der Waals surface area contributed by atoms with Gasteiger partial charge in [-0.3, -0.25) is 9.59 Å². The minimum Gasteiger partial charge on any atom is -0.354 e. The molecule has 0 aliphatic carbocycles. The summed E-state index contributed by atoms with van der Waals surface area (Å²) < 4.78 is 13.3. The van der Waals surface area contributed by atoms with Gasteiger partial charge in [-0.2, -0.15) is 0 Å². The fraction of sp³-hybridized carbons (Fsp3) is 0.429. The van der Waals surface area contributed by atoms with E-state index in [-0.39, 0.29) is 29.8 Å². The molecule has 0 aromatic heterocycles. The lowest BCUT2D eigenvalue weighted by molar-refractivity contribution is -0.121. The Morgan fingerprint density at radius 1 is 1.24 bits per heavy atom. The molecule has 1 aromatic rings. The third-order valence-electron chi connectivity index (χ3n) is 2.77. The van der Waals surface area contributed by atoms with E-state index in [2.05, 4.69) is 10.6 Å². The lowest BCUT2D eigenvalue weighted by Gasteiger charge is -2.07. The molecule has 1 rings (SSSR count). The van der Waals surface area contributed by atoms with Gasteiger partial charge in [0.25, 0.3) is 5.91 Å². The quantitative estimate of drug-likeness (QED) is 0.659. The number of aryl methyl sites for hydroxylation is 1. The Labute approximate surface area is 129 Å². The second kappa shape index (κ2) is 10.1. The predicted octanol–water partition coefficient (Wildman–Crippen LogP) is 1.14. The van der Waals surface area contributed by atoms with Gasteiger partial charge in [-0.15, -0.1) is 12.4 Å². The molecule has 0 heterocycles. The molecule has 4 N–H and O–H groups in total. The zero-order valence-corrected chi connectivity index (χ0v) is 12.8. The van der Waals surface area contributed by atoms with E-state index in [4.69, 9.17) is 5.73 Å². The summed E-state index contributed by atoms with van der Waals surface area (Å²) >= 11 is 0. The number of hydrogen-bond acceptors (Lipinski definition) is 3. The summed E-state index contributed by atoms with van der Waals surface area (Å²) in [6.45, 7) is 2.74. The molecule has 2 amide bonds. The van der Waals surface area contributed by atoms with Crippen molar-refractivity contribution in [3.63, 3.8) is 0 Å². The van der Waals surface area contributed by atoms with Crippen molar-refractivity contribution in [3.05, 3.63) is 35.1 Å². The second-order valence-corrected chi connectivity index (χ2v) is 4.46. The Balaban J connectivity index is 0.00000400. The molecule has 0 saturated carbocycles. The van der Waals surface area contributed by atoms with Crippen LogP contribution in [0.5, 0.6) is 0 Å². The smallest absolute Gasteiger partial charge is 0.251 e. The van der Waals surface area contributed by atoms with E-state index >= 15 is 0 Å². The van der Waals surface area contributed by atoms with Gasteiger partial charge >= 0.3 is 0 Å². The summed E-state index contributed by atoms with van der Waals surface area (Å²) in [5, 5.41) is 5.27. The first-order valence-electron chi connectivity index (χ1n) is 6.55. The molecule has 0 unspecified atom stereocenters. The monoisotopic (exact) mass is 317 g/mol. The molecular formula is C14H21ClFN3O2. The van der Waals surface area contributed by atoms with Crippen molar-refractivity contribution < 1.29 is 14.0 Å². The van der Waals surface area contributed by atoms with E-state index in [9.17, 15) is 14.0 Å². The third-order valence-corrected chi connectivity index (χ3v) is 2.77. The molecule has 21 heavy (non-hydrogen) atoms. The van der Waals surface area contributed by atoms with Gasteiger partial charge in [0.1, 0.15) is 5.82 Å². The van der Waals surface area contributed by atoms with Crippen molar-refractivity contribution in [2.45, 2.75) is 19.8 Å². The van der Waals surface area contributed by atoms with Crippen LogP contribution in [0.4, 0.5) is 4.39 Å². The lowest BCUT2D eigenvalue weighted by atomic mass is 10.1. The van der Waals surface area contributed by atoms with E-state index in [1.54, 1.807) is 19.1 Å². The lowest BCUT2D eigenvalue weighted by Crippen LogP contribution is -2.34. The maximum absolute atomic E-state index is 13.3. The molecule has 0 saturated heterocycles. The number of carbonyl (C=O) groups is 2. The summed E-state index contributed by atoms with van der Waals surface area (Å²) in [5.41, 5.74) is 6.05. The van der Waals surface area contributed by atoms with Gasteiger partial charge in [0, 0.05) is 25.1 Å². The Bertz CT molecular complexity index is 483. The van der Waals surface area contributed by atoms with Crippen molar-refractivity contribution in [2.75, 3.05) is 19.6 Å². The highest BCUT2D eigenvalue weighted by Gasteiger charge is 2.07. The van der Waals surface area contributed by atoms with E-state index in [1.165, 1.54) is 6.07 Å². The average Bonchev–Trinajstić information content (AvgIpc) is 2.44. The molecular weight excluding hydrogens is 297 g/mol. The topological polar surface area (TPSA) is 84.2 Å². The molecule has 0 bridgehead atoms.